The largest absolute Gasteiger partial charge is 0.321 e. The molecule has 0 unspecified atom stereocenters. The number of nitrogens with one attached hydrogen (secondary N) is 2. The molecular formula is C19H14ClIN2O3S. The van der Waals surface area contributed by atoms with Crippen molar-refractivity contribution in [3.05, 3.63) is 87.0 Å². The van der Waals surface area contributed by atoms with Gasteiger partial charge in [0, 0.05) is 19.8 Å². The molecule has 0 aliphatic carbocycles. The topological polar surface area (TPSA) is 75.3 Å². The standard InChI is InChI=1S/C19H14ClIN2O3S/c20-14-8-10-15(11-9-14)23-27(25,26)16-5-3-4-13(12-16)19(24)22-18-7-2-1-6-17(18)21/h1-12,23H,(H,22,24). The van der Waals surface area contributed by atoms with E-state index < -0.39 is 10.0 Å². The van der Waals surface area contributed by atoms with Gasteiger partial charge in [0.15, 0.2) is 0 Å². The second kappa shape index (κ2) is 8.28. The van der Waals surface area contributed by atoms with E-state index in [0.717, 1.165) is 3.57 Å². The van der Waals surface area contributed by atoms with Crippen LogP contribution >= 0.6 is 34.2 Å². The smallest absolute Gasteiger partial charge is 0.261 e. The van der Waals surface area contributed by atoms with Crippen molar-refractivity contribution in [2.45, 2.75) is 4.90 Å². The second-order valence-electron chi connectivity index (χ2n) is 5.57. The molecule has 0 atom stereocenters. The third-order valence-electron chi connectivity index (χ3n) is 3.63. The van der Waals surface area contributed by atoms with Gasteiger partial charge >= 0.3 is 0 Å². The third kappa shape index (κ3) is 5.00. The van der Waals surface area contributed by atoms with Crippen molar-refractivity contribution < 1.29 is 13.2 Å². The number of benzene rings is 3. The van der Waals surface area contributed by atoms with Crippen molar-refractivity contribution in [1.29, 1.82) is 0 Å². The molecule has 5 nitrogen and oxygen atoms in total. The molecule has 0 saturated heterocycles. The first-order valence-electron chi connectivity index (χ1n) is 7.79. The molecule has 27 heavy (non-hydrogen) atoms. The van der Waals surface area contributed by atoms with E-state index in [1.807, 2.05) is 18.2 Å². The van der Waals surface area contributed by atoms with E-state index in [0.29, 0.717) is 16.4 Å². The molecule has 0 aromatic heterocycles. The predicted molar refractivity (Wildman–Crippen MR) is 116 cm³/mol. The minimum atomic E-state index is -3.84. The van der Waals surface area contributed by atoms with E-state index in [1.165, 1.54) is 18.2 Å². The van der Waals surface area contributed by atoms with Crippen LogP contribution in [0.2, 0.25) is 5.02 Å². The summed E-state index contributed by atoms with van der Waals surface area (Å²) in [6.45, 7) is 0. The Hall–Kier alpha value is -2.10. The van der Waals surface area contributed by atoms with Crippen LogP contribution < -0.4 is 10.0 Å². The Morgan fingerprint density at radius 3 is 2.33 bits per heavy atom. The van der Waals surface area contributed by atoms with Gasteiger partial charge in [-0.25, -0.2) is 8.42 Å². The second-order valence-corrected chi connectivity index (χ2v) is 8.86. The lowest BCUT2D eigenvalue weighted by Crippen LogP contribution is -2.16. The van der Waals surface area contributed by atoms with Crippen LogP contribution in [0.4, 0.5) is 11.4 Å². The van der Waals surface area contributed by atoms with E-state index in [-0.39, 0.29) is 16.4 Å². The Morgan fingerprint density at radius 1 is 0.926 bits per heavy atom. The molecular weight excluding hydrogens is 499 g/mol. The molecule has 0 fully saturated rings. The van der Waals surface area contributed by atoms with Crippen LogP contribution in [0.5, 0.6) is 0 Å². The van der Waals surface area contributed by atoms with Gasteiger partial charge in [0.1, 0.15) is 0 Å². The van der Waals surface area contributed by atoms with Crippen LogP contribution in [0.1, 0.15) is 10.4 Å². The molecule has 3 aromatic carbocycles. The van der Waals surface area contributed by atoms with Gasteiger partial charge in [0.2, 0.25) is 0 Å². The summed E-state index contributed by atoms with van der Waals surface area (Å²) in [5, 5.41) is 3.29. The molecule has 3 rings (SSSR count). The zero-order chi connectivity index (χ0) is 19.4. The van der Waals surface area contributed by atoms with E-state index in [4.69, 9.17) is 11.6 Å². The van der Waals surface area contributed by atoms with Crippen molar-refractivity contribution >= 4 is 61.5 Å². The average Bonchev–Trinajstić information content (AvgIpc) is 2.65. The monoisotopic (exact) mass is 512 g/mol. The van der Waals surface area contributed by atoms with Gasteiger partial charge in [0.05, 0.1) is 10.6 Å². The lowest BCUT2D eigenvalue weighted by Gasteiger charge is -2.10. The minimum absolute atomic E-state index is 0.00661. The Labute approximate surface area is 175 Å². The van der Waals surface area contributed by atoms with E-state index in [1.54, 1.807) is 36.4 Å². The molecule has 1 amide bonds. The quantitative estimate of drug-likeness (QED) is 0.473. The number of carbonyl (C=O) groups excluding carboxylic acids is 1. The molecule has 138 valence electrons. The molecule has 0 saturated carbocycles. The van der Waals surface area contributed by atoms with Crippen LogP contribution in [0.25, 0.3) is 0 Å². The van der Waals surface area contributed by atoms with Gasteiger partial charge in [-0.1, -0.05) is 29.8 Å². The number of rotatable bonds is 5. The van der Waals surface area contributed by atoms with Crippen LogP contribution in [0.3, 0.4) is 0 Å². The summed E-state index contributed by atoms with van der Waals surface area (Å²) in [5.74, 6) is -0.386. The van der Waals surface area contributed by atoms with Gasteiger partial charge < -0.3 is 5.32 Å². The maximum Gasteiger partial charge on any atom is 0.261 e. The maximum atomic E-state index is 12.6. The Morgan fingerprint density at radius 2 is 1.63 bits per heavy atom. The third-order valence-corrected chi connectivity index (χ3v) is 6.20. The van der Waals surface area contributed by atoms with Crippen molar-refractivity contribution in [3.8, 4) is 0 Å². The molecule has 8 heteroatoms. The van der Waals surface area contributed by atoms with Crippen molar-refractivity contribution in [1.82, 2.24) is 0 Å². The highest BCUT2D eigenvalue weighted by atomic mass is 127. The van der Waals surface area contributed by atoms with Gasteiger partial charge in [-0.05, 0) is 77.2 Å². The Balaban J connectivity index is 1.83. The van der Waals surface area contributed by atoms with Crippen molar-refractivity contribution in [2.75, 3.05) is 10.0 Å². The number of sulfonamides is 1. The molecule has 0 spiro atoms. The first kappa shape index (κ1) is 19.7. The summed E-state index contributed by atoms with van der Waals surface area (Å²) in [5.41, 5.74) is 1.29. The van der Waals surface area contributed by atoms with Crippen LogP contribution in [-0.4, -0.2) is 14.3 Å². The van der Waals surface area contributed by atoms with Gasteiger partial charge in [-0.15, -0.1) is 0 Å². The molecule has 0 radical (unpaired) electrons. The average molecular weight is 513 g/mol. The maximum absolute atomic E-state index is 12.6. The van der Waals surface area contributed by atoms with E-state index >= 15 is 0 Å². The fourth-order valence-electron chi connectivity index (χ4n) is 2.29. The SMILES string of the molecule is O=C(Nc1ccccc1I)c1cccc(S(=O)(=O)Nc2ccc(Cl)cc2)c1. The zero-order valence-corrected chi connectivity index (χ0v) is 17.5. The number of hydrogen-bond donors (Lipinski definition) is 2. The normalized spacial score (nSPS) is 11.0. The summed E-state index contributed by atoms with van der Waals surface area (Å²) in [4.78, 5) is 12.5. The highest BCUT2D eigenvalue weighted by Crippen LogP contribution is 2.21. The zero-order valence-electron chi connectivity index (χ0n) is 13.8. The molecule has 0 bridgehead atoms. The Bertz CT molecular complexity index is 1090. The van der Waals surface area contributed by atoms with E-state index in [9.17, 15) is 13.2 Å². The minimum Gasteiger partial charge on any atom is -0.321 e. The van der Waals surface area contributed by atoms with Gasteiger partial charge in [0.25, 0.3) is 15.9 Å². The van der Waals surface area contributed by atoms with Crippen molar-refractivity contribution in [3.63, 3.8) is 0 Å². The summed E-state index contributed by atoms with van der Waals surface area (Å²) in [6.07, 6.45) is 0. The number of hydrogen-bond acceptors (Lipinski definition) is 3. The first-order chi connectivity index (χ1) is 12.8. The molecule has 0 aliphatic heterocycles. The summed E-state index contributed by atoms with van der Waals surface area (Å²) in [7, 11) is -3.84. The molecule has 0 aliphatic rings. The highest BCUT2D eigenvalue weighted by molar-refractivity contribution is 14.1. The first-order valence-corrected chi connectivity index (χ1v) is 10.7. The summed E-state index contributed by atoms with van der Waals surface area (Å²) in [6, 6.07) is 19.5. The van der Waals surface area contributed by atoms with E-state index in [2.05, 4.69) is 32.6 Å². The summed E-state index contributed by atoms with van der Waals surface area (Å²) < 4.78 is 28.5. The number of amides is 1. The van der Waals surface area contributed by atoms with Gasteiger partial charge in [-0.2, -0.15) is 0 Å². The molecule has 0 heterocycles. The fraction of sp³-hybridized carbons (Fsp3) is 0. The molecule has 3 aromatic rings. The highest BCUT2D eigenvalue weighted by Gasteiger charge is 2.17. The van der Waals surface area contributed by atoms with Gasteiger partial charge in [-0.3, -0.25) is 9.52 Å². The number of carbonyl (C=O) groups is 1. The van der Waals surface area contributed by atoms with Crippen molar-refractivity contribution in [2.24, 2.45) is 0 Å². The lowest BCUT2D eigenvalue weighted by molar-refractivity contribution is 0.102. The lowest BCUT2D eigenvalue weighted by atomic mass is 10.2. The predicted octanol–water partition coefficient (Wildman–Crippen LogP) is 5.00. The summed E-state index contributed by atoms with van der Waals surface area (Å²) >= 11 is 7.93. The number of halogens is 2. The molecule has 2 N–H and O–H groups in total. The van der Waals surface area contributed by atoms with Crippen LogP contribution in [-0.2, 0) is 10.0 Å². The van der Waals surface area contributed by atoms with Crippen LogP contribution in [0.15, 0.2) is 77.7 Å². The van der Waals surface area contributed by atoms with Crippen LogP contribution in [0, 0.1) is 3.57 Å². The number of para-hydroxylation sites is 1. The Kier molecular flexibility index (Phi) is 6.03. The fourth-order valence-corrected chi connectivity index (χ4v) is 4.05. The number of anilines is 2.